The number of nitrogens with one attached hydrogen (secondary N) is 2. The zero-order valence-corrected chi connectivity index (χ0v) is 15.8. The highest BCUT2D eigenvalue weighted by atomic mass is 35.5. The van der Waals surface area contributed by atoms with Gasteiger partial charge in [-0.05, 0) is 37.3 Å². The average Bonchev–Trinajstić information content (AvgIpc) is 2.66. The number of ether oxygens (including phenoxy) is 1. The molecule has 0 aliphatic rings. The Morgan fingerprint density at radius 2 is 1.73 bits per heavy atom. The minimum absolute atomic E-state index is 0.0102. The van der Waals surface area contributed by atoms with Crippen LogP contribution in [0.2, 0.25) is 5.02 Å². The van der Waals surface area contributed by atoms with Gasteiger partial charge < -0.3 is 15.4 Å². The van der Waals surface area contributed by atoms with Crippen molar-refractivity contribution in [3.8, 4) is 0 Å². The molecule has 2 aromatic carbocycles. The predicted octanol–water partition coefficient (Wildman–Crippen LogP) is 4.42. The third-order valence-electron chi connectivity index (χ3n) is 3.75. The van der Waals surface area contributed by atoms with E-state index < -0.39 is 53.5 Å². The number of anilines is 1. The van der Waals surface area contributed by atoms with Crippen molar-refractivity contribution >= 4 is 29.2 Å². The fourth-order valence-corrected chi connectivity index (χ4v) is 2.52. The summed E-state index contributed by atoms with van der Waals surface area (Å²) >= 11 is 5.71. The van der Waals surface area contributed by atoms with Crippen LogP contribution in [-0.4, -0.2) is 30.3 Å². The van der Waals surface area contributed by atoms with E-state index in [9.17, 15) is 35.9 Å². The van der Waals surface area contributed by atoms with Gasteiger partial charge in [0.25, 0.3) is 5.91 Å². The van der Waals surface area contributed by atoms with E-state index >= 15 is 0 Å². The van der Waals surface area contributed by atoms with E-state index in [2.05, 4.69) is 4.74 Å². The number of hydrogen-bond acceptors (Lipinski definition) is 4. The number of carbonyl (C=O) groups is 2. The molecule has 30 heavy (non-hydrogen) atoms. The summed E-state index contributed by atoms with van der Waals surface area (Å²) in [7, 11) is 0. The Morgan fingerprint density at radius 1 is 1.07 bits per heavy atom. The molecule has 0 aliphatic carbocycles. The molecule has 0 fully saturated rings. The molecule has 12 heteroatoms. The summed E-state index contributed by atoms with van der Waals surface area (Å²) in [6, 6.07) is 5.49. The summed E-state index contributed by atoms with van der Waals surface area (Å²) in [5.74, 6) is -9.28. The van der Waals surface area contributed by atoms with Crippen molar-refractivity contribution in [1.29, 1.82) is 0 Å². The van der Waals surface area contributed by atoms with Crippen molar-refractivity contribution in [3.63, 3.8) is 0 Å². The Hall–Kier alpha value is -2.95. The molecular formula is C18H13ClF6N2O3. The van der Waals surface area contributed by atoms with Crippen LogP contribution in [0.25, 0.3) is 0 Å². The van der Waals surface area contributed by atoms with E-state index in [-0.39, 0.29) is 10.6 Å². The average molecular weight is 455 g/mol. The van der Waals surface area contributed by atoms with Crippen molar-refractivity contribution in [2.45, 2.75) is 18.8 Å². The fraction of sp³-hybridized carbons (Fsp3) is 0.222. The number of rotatable bonds is 6. The van der Waals surface area contributed by atoms with E-state index in [0.717, 1.165) is 12.1 Å². The van der Waals surface area contributed by atoms with Crippen LogP contribution >= 0.6 is 11.6 Å². The Balaban J connectivity index is 2.60. The third-order valence-corrected chi connectivity index (χ3v) is 3.99. The normalized spacial score (nSPS) is 13.3. The maximum absolute atomic E-state index is 14.0. The first kappa shape index (κ1) is 23.3. The van der Waals surface area contributed by atoms with Crippen LogP contribution < -0.4 is 10.6 Å². The highest BCUT2D eigenvalue weighted by Crippen LogP contribution is 2.35. The van der Waals surface area contributed by atoms with Gasteiger partial charge in [-0.2, -0.15) is 13.2 Å². The van der Waals surface area contributed by atoms with Gasteiger partial charge in [-0.1, -0.05) is 17.7 Å². The highest BCUT2D eigenvalue weighted by Gasteiger charge is 2.64. The van der Waals surface area contributed by atoms with Gasteiger partial charge in [-0.25, -0.2) is 18.0 Å². The second kappa shape index (κ2) is 8.82. The number of carbonyl (C=O) groups excluding carboxylic acids is 2. The highest BCUT2D eigenvalue weighted by molar-refractivity contribution is 6.31. The van der Waals surface area contributed by atoms with Crippen LogP contribution in [0, 0.1) is 17.5 Å². The van der Waals surface area contributed by atoms with E-state index in [0.29, 0.717) is 12.1 Å². The molecule has 1 atom stereocenters. The van der Waals surface area contributed by atoms with E-state index in [1.165, 1.54) is 29.7 Å². The summed E-state index contributed by atoms with van der Waals surface area (Å²) in [5.41, 5.74) is -5.65. The van der Waals surface area contributed by atoms with Gasteiger partial charge in [0.15, 0.2) is 17.5 Å². The molecule has 0 spiro atoms. The molecule has 0 heterocycles. The lowest BCUT2D eigenvalue weighted by Gasteiger charge is -2.35. The molecular weight excluding hydrogens is 442 g/mol. The number of benzene rings is 2. The van der Waals surface area contributed by atoms with Gasteiger partial charge in [0.1, 0.15) is 0 Å². The largest absolute Gasteiger partial charge is 0.463 e. The topological polar surface area (TPSA) is 67.4 Å². The van der Waals surface area contributed by atoms with E-state index in [1.807, 2.05) is 0 Å². The minimum Gasteiger partial charge on any atom is -0.463 e. The monoisotopic (exact) mass is 454 g/mol. The van der Waals surface area contributed by atoms with Gasteiger partial charge in [-0.15, -0.1) is 0 Å². The second-order valence-electron chi connectivity index (χ2n) is 5.78. The zero-order chi connectivity index (χ0) is 22.7. The molecule has 0 aliphatic heterocycles. The molecule has 162 valence electrons. The molecule has 5 nitrogen and oxygen atoms in total. The molecule has 1 amide bonds. The van der Waals surface area contributed by atoms with E-state index in [4.69, 9.17) is 11.6 Å². The molecule has 0 unspecified atom stereocenters. The van der Waals surface area contributed by atoms with Crippen molar-refractivity contribution in [2.75, 3.05) is 11.9 Å². The van der Waals surface area contributed by atoms with Gasteiger partial charge >= 0.3 is 17.8 Å². The van der Waals surface area contributed by atoms with E-state index in [1.54, 1.807) is 0 Å². The van der Waals surface area contributed by atoms with Crippen molar-refractivity contribution < 1.29 is 40.7 Å². The lowest BCUT2D eigenvalue weighted by molar-refractivity contribution is -0.204. The SMILES string of the molecule is CCOC(=O)[C@](NC(=O)c1cccc(Cl)c1)(Nc1ccc(F)c(F)c1F)C(F)(F)F. The summed E-state index contributed by atoms with van der Waals surface area (Å²) in [6.45, 7) is 0.654. The Kier molecular flexibility index (Phi) is 6.86. The van der Waals surface area contributed by atoms with Crippen LogP contribution in [0.15, 0.2) is 36.4 Å². The molecule has 2 aromatic rings. The summed E-state index contributed by atoms with van der Waals surface area (Å²) in [6.07, 6.45) is -5.61. The molecule has 0 saturated heterocycles. The molecule has 2 rings (SSSR count). The van der Waals surface area contributed by atoms with Gasteiger partial charge in [0, 0.05) is 10.6 Å². The van der Waals surface area contributed by atoms with Crippen molar-refractivity contribution in [2.24, 2.45) is 0 Å². The maximum Gasteiger partial charge on any atom is 0.441 e. The standard InChI is InChI=1S/C18H13ClF6N2O3/c1-2-30-16(29)17(18(23,24)25,26-12-7-6-11(20)13(21)14(12)22)27-15(28)9-4-3-5-10(19)8-9/h3-8,26H,2H2,1H3,(H,27,28)/t17-/m1/s1. The predicted molar refractivity (Wildman–Crippen MR) is 94.3 cm³/mol. The smallest absolute Gasteiger partial charge is 0.441 e. The Bertz CT molecular complexity index is 969. The molecule has 0 radical (unpaired) electrons. The first-order chi connectivity index (χ1) is 13.9. The zero-order valence-electron chi connectivity index (χ0n) is 15.0. The van der Waals surface area contributed by atoms with Crippen LogP contribution in [0.4, 0.5) is 32.0 Å². The first-order valence-electron chi connectivity index (χ1n) is 8.16. The quantitative estimate of drug-likeness (QED) is 0.293. The fourth-order valence-electron chi connectivity index (χ4n) is 2.33. The first-order valence-corrected chi connectivity index (χ1v) is 8.54. The van der Waals surface area contributed by atoms with Crippen LogP contribution in [0.3, 0.4) is 0 Å². The van der Waals surface area contributed by atoms with Crippen LogP contribution in [-0.2, 0) is 9.53 Å². The number of alkyl halides is 3. The van der Waals surface area contributed by atoms with Crippen LogP contribution in [0.5, 0.6) is 0 Å². The summed E-state index contributed by atoms with van der Waals surface area (Å²) in [5, 5.41) is 2.85. The Labute approximate surface area is 171 Å². The second-order valence-corrected chi connectivity index (χ2v) is 6.22. The summed E-state index contributed by atoms with van der Waals surface area (Å²) in [4.78, 5) is 24.7. The molecule has 2 N–H and O–H groups in total. The number of hydrogen-bond donors (Lipinski definition) is 2. The summed E-state index contributed by atoms with van der Waals surface area (Å²) < 4.78 is 87.1. The molecule has 0 saturated carbocycles. The third kappa shape index (κ3) is 4.61. The van der Waals surface area contributed by atoms with Crippen molar-refractivity contribution in [3.05, 3.63) is 64.4 Å². The Morgan fingerprint density at radius 3 is 2.30 bits per heavy atom. The molecule has 0 bridgehead atoms. The maximum atomic E-state index is 14.0. The number of amides is 1. The van der Waals surface area contributed by atoms with Crippen LogP contribution in [0.1, 0.15) is 17.3 Å². The number of halogens is 7. The lowest BCUT2D eigenvalue weighted by Crippen LogP contribution is -2.69. The van der Waals surface area contributed by atoms with Gasteiger partial charge in [0.2, 0.25) is 0 Å². The van der Waals surface area contributed by atoms with Gasteiger partial charge in [-0.3, -0.25) is 4.79 Å². The van der Waals surface area contributed by atoms with Gasteiger partial charge in [0.05, 0.1) is 12.3 Å². The molecule has 0 aromatic heterocycles. The van der Waals surface area contributed by atoms with Crippen molar-refractivity contribution in [1.82, 2.24) is 5.32 Å². The number of esters is 1. The lowest BCUT2D eigenvalue weighted by atomic mass is 10.1. The minimum atomic E-state index is -5.61.